The zero-order valence-electron chi connectivity index (χ0n) is 22.8. The first kappa shape index (κ1) is 32.6. The highest BCUT2D eigenvalue weighted by atomic mass is 16.5. The summed E-state index contributed by atoms with van der Waals surface area (Å²) in [6.07, 6.45) is 22.4. The van der Waals surface area contributed by atoms with Gasteiger partial charge in [-0.15, -0.1) is 0 Å². The lowest BCUT2D eigenvalue weighted by molar-refractivity contribution is -0.149. The zero-order valence-corrected chi connectivity index (χ0v) is 22.8. The van der Waals surface area contributed by atoms with Crippen LogP contribution in [0.25, 0.3) is 0 Å². The molecule has 0 rings (SSSR count). The summed E-state index contributed by atoms with van der Waals surface area (Å²) in [6, 6.07) is -0.850. The van der Waals surface area contributed by atoms with Crippen LogP contribution in [0.2, 0.25) is 0 Å². The molecule has 5 heteroatoms. The van der Waals surface area contributed by atoms with E-state index >= 15 is 0 Å². The number of hydrogen-bond donors (Lipinski definition) is 1. The number of carbonyl (C=O) groups excluding carboxylic acids is 3. The number of ketones is 1. The topological polar surface area (TPSA) is 72.5 Å². The molecule has 0 spiro atoms. The minimum atomic E-state index is -0.850. The van der Waals surface area contributed by atoms with Gasteiger partial charge >= 0.3 is 5.97 Å². The van der Waals surface area contributed by atoms with Gasteiger partial charge in [0, 0.05) is 19.3 Å². The van der Waals surface area contributed by atoms with Gasteiger partial charge in [0.2, 0.25) is 5.91 Å². The van der Waals surface area contributed by atoms with Crippen molar-refractivity contribution in [1.82, 2.24) is 5.32 Å². The minimum absolute atomic E-state index is 0.0242. The average Bonchev–Trinajstić information content (AvgIpc) is 2.83. The summed E-state index contributed by atoms with van der Waals surface area (Å²) in [5, 5.41) is 2.76. The van der Waals surface area contributed by atoms with Gasteiger partial charge in [-0.25, -0.2) is 4.79 Å². The normalized spacial score (nSPS) is 11.9. The van der Waals surface area contributed by atoms with Crippen molar-refractivity contribution >= 4 is 17.7 Å². The van der Waals surface area contributed by atoms with E-state index in [2.05, 4.69) is 19.2 Å². The summed E-state index contributed by atoms with van der Waals surface area (Å²) in [7, 11) is 0. The van der Waals surface area contributed by atoms with Gasteiger partial charge in [0.25, 0.3) is 0 Å². The Kier molecular flexibility index (Phi) is 23.7. The predicted molar refractivity (Wildman–Crippen MR) is 142 cm³/mol. The molecule has 0 aliphatic rings. The smallest absolute Gasteiger partial charge is 0.329 e. The summed E-state index contributed by atoms with van der Waals surface area (Å²) in [6.45, 7) is 6.58. The number of nitrogens with one attached hydrogen (secondary N) is 1. The summed E-state index contributed by atoms with van der Waals surface area (Å²) < 4.78 is 5.38. The second kappa shape index (κ2) is 24.7. The van der Waals surface area contributed by atoms with Gasteiger partial charge in [-0.05, 0) is 12.8 Å². The van der Waals surface area contributed by atoms with E-state index in [0.29, 0.717) is 19.4 Å². The van der Waals surface area contributed by atoms with Crippen molar-refractivity contribution in [2.75, 3.05) is 6.61 Å². The molecular formula is C29H55NO4. The van der Waals surface area contributed by atoms with Crippen LogP contribution < -0.4 is 5.32 Å². The first-order valence-corrected chi connectivity index (χ1v) is 14.5. The molecule has 200 valence electrons. The van der Waals surface area contributed by atoms with E-state index in [4.69, 9.17) is 4.74 Å². The molecule has 1 unspecified atom stereocenters. The number of amides is 1. The molecule has 1 atom stereocenters. The van der Waals surface area contributed by atoms with E-state index < -0.39 is 12.0 Å². The molecule has 1 amide bonds. The van der Waals surface area contributed by atoms with Gasteiger partial charge in [0.15, 0.2) is 0 Å². The molecule has 0 aromatic heterocycles. The van der Waals surface area contributed by atoms with Crippen molar-refractivity contribution in [3.05, 3.63) is 0 Å². The molecule has 0 radical (unpaired) electrons. The highest BCUT2D eigenvalue weighted by Gasteiger charge is 2.24. The number of hydrogen-bond acceptors (Lipinski definition) is 4. The van der Waals surface area contributed by atoms with E-state index in [0.717, 1.165) is 38.5 Å². The molecule has 5 nitrogen and oxygen atoms in total. The molecule has 0 aliphatic carbocycles. The zero-order chi connectivity index (χ0) is 25.3. The third-order valence-corrected chi connectivity index (χ3v) is 6.45. The summed E-state index contributed by atoms with van der Waals surface area (Å²) >= 11 is 0. The summed E-state index contributed by atoms with van der Waals surface area (Å²) in [5.41, 5.74) is 0. The Bertz CT molecular complexity index is 506. The first-order chi connectivity index (χ1) is 16.5. The van der Waals surface area contributed by atoms with E-state index in [-0.39, 0.29) is 18.1 Å². The second-order valence-electron chi connectivity index (χ2n) is 9.79. The van der Waals surface area contributed by atoms with Crippen molar-refractivity contribution < 1.29 is 19.1 Å². The molecule has 0 fully saturated rings. The number of rotatable bonds is 25. The van der Waals surface area contributed by atoms with Gasteiger partial charge in [0.1, 0.15) is 11.8 Å². The van der Waals surface area contributed by atoms with Crippen LogP contribution in [-0.2, 0) is 19.1 Å². The fourth-order valence-electron chi connectivity index (χ4n) is 4.11. The molecule has 0 bridgehead atoms. The number of carbonyl (C=O) groups is 3. The van der Waals surface area contributed by atoms with Crippen molar-refractivity contribution in [2.24, 2.45) is 0 Å². The lowest BCUT2D eigenvalue weighted by atomic mass is 10.0. The lowest BCUT2D eigenvalue weighted by Crippen LogP contribution is -2.43. The molecule has 0 saturated carbocycles. The minimum Gasteiger partial charge on any atom is -0.464 e. The van der Waals surface area contributed by atoms with Crippen molar-refractivity contribution in [1.29, 1.82) is 0 Å². The highest BCUT2D eigenvalue weighted by molar-refractivity contribution is 5.90. The van der Waals surface area contributed by atoms with Crippen molar-refractivity contribution in [3.63, 3.8) is 0 Å². The quantitative estimate of drug-likeness (QED) is 0.106. The first-order valence-electron chi connectivity index (χ1n) is 14.5. The third-order valence-electron chi connectivity index (χ3n) is 6.45. The number of ether oxygens (including phenoxy) is 1. The van der Waals surface area contributed by atoms with Crippen LogP contribution in [-0.4, -0.2) is 30.3 Å². The Labute approximate surface area is 210 Å². The fourth-order valence-corrected chi connectivity index (χ4v) is 4.11. The molecule has 0 aromatic carbocycles. The van der Waals surface area contributed by atoms with Gasteiger partial charge < -0.3 is 10.1 Å². The van der Waals surface area contributed by atoms with Gasteiger partial charge in [-0.1, -0.05) is 124 Å². The van der Waals surface area contributed by atoms with Crippen LogP contribution in [0.5, 0.6) is 0 Å². The van der Waals surface area contributed by atoms with Gasteiger partial charge in [0.05, 0.1) is 6.61 Å². The van der Waals surface area contributed by atoms with Crippen molar-refractivity contribution in [2.45, 2.75) is 162 Å². The van der Waals surface area contributed by atoms with Crippen LogP contribution in [0, 0.1) is 0 Å². The molecule has 1 N–H and O–H groups in total. The van der Waals surface area contributed by atoms with Crippen LogP contribution in [0.1, 0.15) is 156 Å². The Balaban J connectivity index is 4.01. The molecule has 0 aromatic rings. The largest absolute Gasteiger partial charge is 0.464 e. The second-order valence-corrected chi connectivity index (χ2v) is 9.79. The summed E-state index contributed by atoms with van der Waals surface area (Å²) in [5.74, 6) is -0.661. The van der Waals surface area contributed by atoms with Crippen LogP contribution in [0.3, 0.4) is 0 Å². The molecular weight excluding hydrogens is 426 g/mol. The number of Topliss-reactive ketones (excluding diaryl/α,β-unsaturated/α-hetero) is 1. The Morgan fingerprint density at radius 1 is 0.618 bits per heavy atom. The molecule has 0 saturated heterocycles. The maximum absolute atomic E-state index is 12.5. The van der Waals surface area contributed by atoms with E-state index in [1.165, 1.54) is 77.0 Å². The van der Waals surface area contributed by atoms with Crippen LogP contribution >= 0.6 is 0 Å². The molecule has 34 heavy (non-hydrogen) atoms. The standard InChI is InChI=1S/C29H55NO4/c1-4-7-9-11-13-14-15-16-17-19-21-23-28(32)30-27(25-26(31)6-3)29(33)34-24-22-20-18-12-10-8-5-2/h27H,4-25H2,1-3H3,(H,30,32). The van der Waals surface area contributed by atoms with Crippen LogP contribution in [0.4, 0.5) is 0 Å². The maximum Gasteiger partial charge on any atom is 0.329 e. The van der Waals surface area contributed by atoms with E-state index in [9.17, 15) is 14.4 Å². The van der Waals surface area contributed by atoms with Crippen molar-refractivity contribution in [3.8, 4) is 0 Å². The number of esters is 1. The van der Waals surface area contributed by atoms with Gasteiger partial charge in [-0.3, -0.25) is 9.59 Å². The monoisotopic (exact) mass is 481 g/mol. The SMILES string of the molecule is CCCCCCCCCCCCCC(=O)NC(CC(=O)CC)C(=O)OCCCCCCCCC. The maximum atomic E-state index is 12.5. The number of unbranched alkanes of at least 4 members (excludes halogenated alkanes) is 16. The average molecular weight is 482 g/mol. The summed E-state index contributed by atoms with van der Waals surface area (Å²) in [4.78, 5) is 36.7. The van der Waals surface area contributed by atoms with E-state index in [1.54, 1.807) is 6.92 Å². The Hall–Kier alpha value is -1.39. The van der Waals surface area contributed by atoms with E-state index in [1.807, 2.05) is 0 Å². The predicted octanol–water partition coefficient (Wildman–Crippen LogP) is 7.84. The third kappa shape index (κ3) is 21.2. The van der Waals surface area contributed by atoms with Gasteiger partial charge in [-0.2, -0.15) is 0 Å². The molecule has 0 heterocycles. The molecule has 0 aliphatic heterocycles. The van der Waals surface area contributed by atoms with Crippen LogP contribution in [0.15, 0.2) is 0 Å². The Morgan fingerprint density at radius 3 is 1.53 bits per heavy atom. The lowest BCUT2D eigenvalue weighted by Gasteiger charge is -2.17. The fraction of sp³-hybridized carbons (Fsp3) is 0.897. The highest BCUT2D eigenvalue weighted by Crippen LogP contribution is 2.12. The Morgan fingerprint density at radius 2 is 1.06 bits per heavy atom.